The zero-order chi connectivity index (χ0) is 15.1. The molecule has 21 heavy (non-hydrogen) atoms. The van der Waals surface area contributed by atoms with E-state index in [1.807, 2.05) is 24.3 Å². The second-order valence-corrected chi connectivity index (χ2v) is 5.62. The molecule has 0 aromatic heterocycles. The molecule has 0 fully saturated rings. The molecule has 2 aromatic rings. The van der Waals surface area contributed by atoms with E-state index >= 15 is 0 Å². The first-order chi connectivity index (χ1) is 10.2. The summed E-state index contributed by atoms with van der Waals surface area (Å²) < 4.78 is 5.89. The zero-order valence-electron chi connectivity index (χ0n) is 12.6. The molecule has 0 heterocycles. The van der Waals surface area contributed by atoms with Gasteiger partial charge in [-0.05, 0) is 49.7 Å². The van der Waals surface area contributed by atoms with Crippen LogP contribution >= 0.6 is 11.6 Å². The van der Waals surface area contributed by atoms with Crippen LogP contribution in [0.25, 0.3) is 0 Å². The van der Waals surface area contributed by atoms with Crippen LogP contribution < -0.4 is 10.1 Å². The van der Waals surface area contributed by atoms with Crippen molar-refractivity contribution in [3.63, 3.8) is 0 Å². The maximum absolute atomic E-state index is 5.89. The van der Waals surface area contributed by atoms with Crippen molar-refractivity contribution in [1.82, 2.24) is 5.32 Å². The van der Waals surface area contributed by atoms with Gasteiger partial charge in [0.05, 0.1) is 6.04 Å². The molecule has 1 unspecified atom stereocenters. The van der Waals surface area contributed by atoms with E-state index in [0.29, 0.717) is 6.61 Å². The lowest BCUT2D eigenvalue weighted by Gasteiger charge is -2.20. The normalized spacial score (nSPS) is 12.1. The monoisotopic (exact) mass is 303 g/mol. The largest absolute Gasteiger partial charge is 0.492 e. The molecular weight excluding hydrogens is 282 g/mol. The van der Waals surface area contributed by atoms with E-state index in [9.17, 15) is 0 Å². The van der Waals surface area contributed by atoms with Crippen molar-refractivity contribution in [1.29, 1.82) is 0 Å². The molecule has 0 aliphatic heterocycles. The summed E-state index contributed by atoms with van der Waals surface area (Å²) in [7, 11) is 0. The van der Waals surface area contributed by atoms with Crippen molar-refractivity contribution < 1.29 is 4.74 Å². The van der Waals surface area contributed by atoms with Crippen molar-refractivity contribution >= 4 is 11.6 Å². The smallest absolute Gasteiger partial charge is 0.119 e. The van der Waals surface area contributed by atoms with E-state index < -0.39 is 0 Å². The molecule has 0 amide bonds. The Hall–Kier alpha value is -1.51. The van der Waals surface area contributed by atoms with Crippen LogP contribution in [-0.2, 0) is 0 Å². The number of ether oxygens (including phenoxy) is 1. The van der Waals surface area contributed by atoms with Crippen LogP contribution in [-0.4, -0.2) is 13.2 Å². The molecule has 2 aromatic carbocycles. The van der Waals surface area contributed by atoms with Crippen LogP contribution in [0, 0.1) is 6.92 Å². The molecule has 112 valence electrons. The zero-order valence-corrected chi connectivity index (χ0v) is 13.4. The minimum Gasteiger partial charge on any atom is -0.492 e. The Morgan fingerprint density at radius 2 is 1.90 bits per heavy atom. The van der Waals surface area contributed by atoms with Gasteiger partial charge in [0.15, 0.2) is 0 Å². The van der Waals surface area contributed by atoms with Crippen molar-refractivity contribution in [2.24, 2.45) is 0 Å². The van der Waals surface area contributed by atoms with Gasteiger partial charge in [0, 0.05) is 5.02 Å². The highest BCUT2D eigenvalue weighted by molar-refractivity contribution is 6.30. The van der Waals surface area contributed by atoms with Crippen molar-refractivity contribution in [3.05, 3.63) is 64.7 Å². The van der Waals surface area contributed by atoms with E-state index in [2.05, 4.69) is 43.4 Å². The molecule has 2 rings (SSSR count). The highest BCUT2D eigenvalue weighted by Crippen LogP contribution is 2.19. The molecule has 1 N–H and O–H groups in total. The molecule has 1 atom stereocenters. The van der Waals surface area contributed by atoms with Gasteiger partial charge >= 0.3 is 0 Å². The standard InChI is InChI=1S/C18H22ClNO/c1-3-11-20-18(15-6-4-5-14(2)12-15)13-21-17-9-7-16(19)8-10-17/h4-10,12,18,20H,3,11,13H2,1-2H3. The average molecular weight is 304 g/mol. The summed E-state index contributed by atoms with van der Waals surface area (Å²) in [5.41, 5.74) is 2.53. The molecule has 0 aliphatic rings. The fraction of sp³-hybridized carbons (Fsp3) is 0.333. The first kappa shape index (κ1) is 15.9. The van der Waals surface area contributed by atoms with Crippen molar-refractivity contribution in [2.45, 2.75) is 26.3 Å². The summed E-state index contributed by atoms with van der Waals surface area (Å²) in [6.45, 7) is 5.86. The van der Waals surface area contributed by atoms with E-state index in [1.54, 1.807) is 0 Å². The van der Waals surface area contributed by atoms with E-state index in [4.69, 9.17) is 16.3 Å². The summed E-state index contributed by atoms with van der Waals surface area (Å²) in [4.78, 5) is 0. The lowest BCUT2D eigenvalue weighted by Crippen LogP contribution is -2.27. The Kier molecular flexibility index (Phi) is 6.09. The van der Waals surface area contributed by atoms with Gasteiger partial charge in [0.1, 0.15) is 12.4 Å². The lowest BCUT2D eigenvalue weighted by molar-refractivity contribution is 0.266. The van der Waals surface area contributed by atoms with E-state index in [1.165, 1.54) is 11.1 Å². The fourth-order valence-corrected chi connectivity index (χ4v) is 2.31. The van der Waals surface area contributed by atoms with Gasteiger partial charge in [0.25, 0.3) is 0 Å². The highest BCUT2D eigenvalue weighted by Gasteiger charge is 2.11. The number of nitrogens with one attached hydrogen (secondary N) is 1. The first-order valence-corrected chi connectivity index (χ1v) is 7.75. The minimum atomic E-state index is 0.195. The Balaban J connectivity index is 2.04. The minimum absolute atomic E-state index is 0.195. The molecule has 3 heteroatoms. The highest BCUT2D eigenvalue weighted by atomic mass is 35.5. The third-order valence-corrected chi connectivity index (χ3v) is 3.57. The van der Waals surface area contributed by atoms with Crippen LogP contribution in [0.15, 0.2) is 48.5 Å². The quantitative estimate of drug-likeness (QED) is 0.795. The van der Waals surface area contributed by atoms with Gasteiger partial charge in [-0.3, -0.25) is 0 Å². The van der Waals surface area contributed by atoms with Gasteiger partial charge in [-0.2, -0.15) is 0 Å². The summed E-state index contributed by atoms with van der Waals surface area (Å²) in [6.07, 6.45) is 1.10. The first-order valence-electron chi connectivity index (χ1n) is 7.37. The third kappa shape index (κ3) is 5.07. The lowest BCUT2D eigenvalue weighted by atomic mass is 10.0. The van der Waals surface area contributed by atoms with Crippen LogP contribution in [0.3, 0.4) is 0 Å². The molecule has 0 radical (unpaired) electrons. The van der Waals surface area contributed by atoms with Crippen LogP contribution in [0.5, 0.6) is 5.75 Å². The van der Waals surface area contributed by atoms with Crippen LogP contribution in [0.4, 0.5) is 0 Å². The predicted octanol–water partition coefficient (Wildman–Crippen LogP) is 4.77. The summed E-state index contributed by atoms with van der Waals surface area (Å²) in [5.74, 6) is 0.843. The maximum atomic E-state index is 5.89. The SMILES string of the molecule is CCCNC(COc1ccc(Cl)cc1)c1cccc(C)c1. The van der Waals surface area contributed by atoms with Crippen molar-refractivity contribution in [2.75, 3.05) is 13.2 Å². The molecule has 0 aliphatic carbocycles. The predicted molar refractivity (Wildman–Crippen MR) is 89.2 cm³/mol. The Morgan fingerprint density at radius 3 is 2.57 bits per heavy atom. The summed E-state index contributed by atoms with van der Waals surface area (Å²) in [5, 5.41) is 4.27. The number of aryl methyl sites for hydroxylation is 1. The Morgan fingerprint density at radius 1 is 1.14 bits per heavy atom. The molecule has 0 spiro atoms. The maximum Gasteiger partial charge on any atom is 0.119 e. The Bertz CT molecular complexity index is 553. The topological polar surface area (TPSA) is 21.3 Å². The average Bonchev–Trinajstić information content (AvgIpc) is 2.49. The molecule has 0 bridgehead atoms. The number of benzene rings is 2. The van der Waals surface area contributed by atoms with Gasteiger partial charge < -0.3 is 10.1 Å². The summed E-state index contributed by atoms with van der Waals surface area (Å²) in [6, 6.07) is 16.2. The second-order valence-electron chi connectivity index (χ2n) is 5.19. The number of halogens is 1. The molecular formula is C18H22ClNO. The van der Waals surface area contributed by atoms with E-state index in [0.717, 1.165) is 23.7 Å². The van der Waals surface area contributed by atoms with Crippen molar-refractivity contribution in [3.8, 4) is 5.75 Å². The van der Waals surface area contributed by atoms with Crippen LogP contribution in [0.2, 0.25) is 5.02 Å². The van der Waals surface area contributed by atoms with Crippen LogP contribution in [0.1, 0.15) is 30.5 Å². The number of hydrogen-bond donors (Lipinski definition) is 1. The fourth-order valence-electron chi connectivity index (χ4n) is 2.19. The van der Waals surface area contributed by atoms with Gasteiger partial charge in [0.2, 0.25) is 0 Å². The molecule has 0 saturated carbocycles. The van der Waals surface area contributed by atoms with Gasteiger partial charge in [-0.1, -0.05) is 48.4 Å². The van der Waals surface area contributed by atoms with Gasteiger partial charge in [-0.15, -0.1) is 0 Å². The number of hydrogen-bond acceptors (Lipinski definition) is 2. The number of rotatable bonds is 7. The van der Waals surface area contributed by atoms with E-state index in [-0.39, 0.29) is 6.04 Å². The molecule has 0 saturated heterocycles. The second kappa shape index (κ2) is 8.06. The third-order valence-electron chi connectivity index (χ3n) is 3.32. The summed E-state index contributed by atoms with van der Waals surface area (Å²) >= 11 is 5.89. The Labute approximate surface area is 132 Å². The molecule has 2 nitrogen and oxygen atoms in total. The van der Waals surface area contributed by atoms with Gasteiger partial charge in [-0.25, -0.2) is 0 Å².